The van der Waals surface area contributed by atoms with Gasteiger partial charge in [0.15, 0.2) is 5.78 Å². The fourth-order valence-corrected chi connectivity index (χ4v) is 3.74. The molecular formula is C23H23N3O3. The van der Waals surface area contributed by atoms with Crippen molar-refractivity contribution in [2.75, 3.05) is 30.3 Å². The van der Waals surface area contributed by atoms with E-state index >= 15 is 0 Å². The van der Waals surface area contributed by atoms with Crippen LogP contribution in [0.3, 0.4) is 0 Å². The molecule has 2 aliphatic rings. The Morgan fingerprint density at radius 2 is 1.72 bits per heavy atom. The summed E-state index contributed by atoms with van der Waals surface area (Å²) in [5.41, 5.74) is 2.92. The average Bonchev–Trinajstić information content (AvgIpc) is 3.04. The zero-order chi connectivity index (χ0) is 20.2. The molecule has 0 radical (unpaired) electrons. The smallest absolute Gasteiger partial charge is 0.256 e. The highest BCUT2D eigenvalue weighted by molar-refractivity contribution is 6.35. The van der Waals surface area contributed by atoms with Crippen LogP contribution >= 0.6 is 0 Å². The zero-order valence-corrected chi connectivity index (χ0v) is 16.1. The average molecular weight is 389 g/mol. The van der Waals surface area contributed by atoms with E-state index in [9.17, 15) is 14.4 Å². The van der Waals surface area contributed by atoms with E-state index in [-0.39, 0.29) is 17.6 Å². The minimum atomic E-state index is -0.277. The molecule has 1 saturated heterocycles. The summed E-state index contributed by atoms with van der Waals surface area (Å²) in [4.78, 5) is 39.1. The van der Waals surface area contributed by atoms with Crippen LogP contribution in [0.2, 0.25) is 0 Å². The first-order valence-electron chi connectivity index (χ1n) is 9.89. The SMILES string of the molecule is O=C(CN1CCCCC1)Nc1ccc(C(=O)/C=C2\C(=O)Nc3ccccc32)cc1. The number of hydrogen-bond donors (Lipinski definition) is 2. The number of nitrogens with one attached hydrogen (secondary N) is 2. The number of ketones is 1. The van der Waals surface area contributed by atoms with Crippen molar-refractivity contribution in [2.45, 2.75) is 19.3 Å². The van der Waals surface area contributed by atoms with E-state index in [1.165, 1.54) is 12.5 Å². The molecule has 2 heterocycles. The first-order chi connectivity index (χ1) is 14.1. The fourth-order valence-electron chi connectivity index (χ4n) is 3.74. The maximum absolute atomic E-state index is 12.6. The first kappa shape index (κ1) is 19.1. The number of carbonyl (C=O) groups excluding carboxylic acids is 3. The van der Waals surface area contributed by atoms with Gasteiger partial charge in [-0.25, -0.2) is 0 Å². The zero-order valence-electron chi connectivity index (χ0n) is 16.1. The second kappa shape index (κ2) is 8.41. The van der Waals surface area contributed by atoms with Crippen LogP contribution in [0, 0.1) is 0 Å². The Bertz CT molecular complexity index is 973. The molecule has 1 fully saturated rings. The lowest BCUT2D eigenvalue weighted by Crippen LogP contribution is -2.36. The van der Waals surface area contributed by atoms with Gasteiger partial charge in [0, 0.05) is 22.5 Å². The van der Waals surface area contributed by atoms with E-state index in [4.69, 9.17) is 0 Å². The lowest BCUT2D eigenvalue weighted by molar-refractivity contribution is -0.117. The summed E-state index contributed by atoms with van der Waals surface area (Å²) >= 11 is 0. The summed E-state index contributed by atoms with van der Waals surface area (Å²) in [6.45, 7) is 2.32. The van der Waals surface area contributed by atoms with Crippen LogP contribution in [-0.4, -0.2) is 42.1 Å². The number of amides is 2. The number of anilines is 2. The number of fused-ring (bicyclic) bond motifs is 1. The van der Waals surface area contributed by atoms with Gasteiger partial charge in [0.25, 0.3) is 5.91 Å². The second-order valence-electron chi connectivity index (χ2n) is 7.38. The van der Waals surface area contributed by atoms with Gasteiger partial charge in [0.2, 0.25) is 5.91 Å². The van der Waals surface area contributed by atoms with E-state index < -0.39 is 0 Å². The van der Waals surface area contributed by atoms with Gasteiger partial charge in [-0.2, -0.15) is 0 Å². The highest BCUT2D eigenvalue weighted by Gasteiger charge is 2.24. The lowest BCUT2D eigenvalue weighted by atomic mass is 10.0. The summed E-state index contributed by atoms with van der Waals surface area (Å²) in [5, 5.41) is 5.63. The Labute approximate surface area is 169 Å². The second-order valence-corrected chi connectivity index (χ2v) is 7.38. The molecule has 6 nitrogen and oxygen atoms in total. The van der Waals surface area contributed by atoms with Gasteiger partial charge in [-0.3, -0.25) is 19.3 Å². The molecule has 2 amide bonds. The maximum Gasteiger partial charge on any atom is 0.256 e. The van der Waals surface area contributed by atoms with Crippen molar-refractivity contribution in [3.05, 3.63) is 65.7 Å². The molecule has 2 aromatic carbocycles. The predicted molar refractivity (Wildman–Crippen MR) is 113 cm³/mol. The van der Waals surface area contributed by atoms with E-state index in [1.54, 1.807) is 30.3 Å². The lowest BCUT2D eigenvalue weighted by Gasteiger charge is -2.25. The monoisotopic (exact) mass is 389 g/mol. The minimum Gasteiger partial charge on any atom is -0.325 e. The van der Waals surface area contributed by atoms with Crippen molar-refractivity contribution in [3.63, 3.8) is 0 Å². The molecule has 0 unspecified atom stereocenters. The van der Waals surface area contributed by atoms with Crippen LogP contribution in [0.5, 0.6) is 0 Å². The predicted octanol–water partition coefficient (Wildman–Crippen LogP) is 3.33. The number of piperidine rings is 1. The number of para-hydroxylation sites is 1. The molecule has 0 saturated carbocycles. The quantitative estimate of drug-likeness (QED) is 0.607. The molecule has 2 aromatic rings. The molecule has 148 valence electrons. The van der Waals surface area contributed by atoms with E-state index in [0.29, 0.717) is 29.1 Å². The molecule has 0 bridgehead atoms. The van der Waals surface area contributed by atoms with Gasteiger partial charge < -0.3 is 10.6 Å². The van der Waals surface area contributed by atoms with Crippen LogP contribution in [0.25, 0.3) is 5.57 Å². The summed E-state index contributed by atoms with van der Waals surface area (Å²) in [7, 11) is 0. The van der Waals surface area contributed by atoms with Gasteiger partial charge in [0.1, 0.15) is 0 Å². The van der Waals surface area contributed by atoms with Crippen LogP contribution in [-0.2, 0) is 9.59 Å². The number of hydrogen-bond acceptors (Lipinski definition) is 4. The van der Waals surface area contributed by atoms with Gasteiger partial charge in [-0.05, 0) is 62.3 Å². The molecule has 0 aromatic heterocycles. The Morgan fingerprint density at radius 1 is 1.00 bits per heavy atom. The molecule has 0 aliphatic carbocycles. The molecule has 0 spiro atoms. The molecule has 2 N–H and O–H groups in total. The number of allylic oxidation sites excluding steroid dienone is 1. The largest absolute Gasteiger partial charge is 0.325 e. The third-order valence-electron chi connectivity index (χ3n) is 5.25. The van der Waals surface area contributed by atoms with Crippen molar-refractivity contribution < 1.29 is 14.4 Å². The molecule has 0 atom stereocenters. The minimum absolute atomic E-state index is 0.0488. The third-order valence-corrected chi connectivity index (χ3v) is 5.25. The van der Waals surface area contributed by atoms with Crippen molar-refractivity contribution in [1.82, 2.24) is 4.90 Å². The Morgan fingerprint density at radius 3 is 2.48 bits per heavy atom. The van der Waals surface area contributed by atoms with Crippen LogP contribution < -0.4 is 10.6 Å². The highest BCUT2D eigenvalue weighted by atomic mass is 16.2. The first-order valence-corrected chi connectivity index (χ1v) is 9.89. The summed E-state index contributed by atoms with van der Waals surface area (Å²) in [6, 6.07) is 14.0. The van der Waals surface area contributed by atoms with Gasteiger partial charge >= 0.3 is 0 Å². The standard InChI is InChI=1S/C23H23N3O3/c27-21(14-19-18-6-2-3-7-20(18)25-23(19)29)16-8-10-17(11-9-16)24-22(28)15-26-12-4-1-5-13-26/h2-3,6-11,14H,1,4-5,12-13,15H2,(H,24,28)(H,25,29)/b19-14-. The van der Waals surface area contributed by atoms with Crippen LogP contribution in [0.15, 0.2) is 54.6 Å². The Kier molecular flexibility index (Phi) is 5.53. The number of benzene rings is 2. The topological polar surface area (TPSA) is 78.5 Å². The number of rotatable bonds is 5. The Balaban J connectivity index is 1.40. The number of likely N-dealkylation sites (tertiary alicyclic amines) is 1. The van der Waals surface area contributed by atoms with Gasteiger partial charge in [-0.1, -0.05) is 24.6 Å². The molecule has 6 heteroatoms. The molecule has 2 aliphatic heterocycles. The number of carbonyl (C=O) groups is 3. The summed E-state index contributed by atoms with van der Waals surface area (Å²) < 4.78 is 0. The Hall–Kier alpha value is -3.25. The van der Waals surface area contributed by atoms with Crippen LogP contribution in [0.4, 0.5) is 11.4 Å². The molecule has 4 rings (SSSR count). The van der Waals surface area contributed by atoms with E-state index in [0.717, 1.165) is 31.5 Å². The van der Waals surface area contributed by atoms with Gasteiger partial charge in [0.05, 0.1) is 12.1 Å². The molecule has 29 heavy (non-hydrogen) atoms. The summed E-state index contributed by atoms with van der Waals surface area (Å²) in [5.74, 6) is -0.577. The van der Waals surface area contributed by atoms with Crippen LogP contribution in [0.1, 0.15) is 35.2 Å². The van der Waals surface area contributed by atoms with Crippen molar-refractivity contribution >= 4 is 34.5 Å². The van der Waals surface area contributed by atoms with Crippen molar-refractivity contribution in [1.29, 1.82) is 0 Å². The number of nitrogens with zero attached hydrogens (tertiary/aromatic N) is 1. The third kappa shape index (κ3) is 4.43. The van der Waals surface area contributed by atoms with E-state index in [1.807, 2.05) is 18.2 Å². The van der Waals surface area contributed by atoms with Gasteiger partial charge in [-0.15, -0.1) is 0 Å². The van der Waals surface area contributed by atoms with Crippen molar-refractivity contribution in [3.8, 4) is 0 Å². The fraction of sp³-hybridized carbons (Fsp3) is 0.261. The summed E-state index contributed by atoms with van der Waals surface area (Å²) in [6.07, 6.45) is 4.88. The normalized spacial score (nSPS) is 17.7. The van der Waals surface area contributed by atoms with E-state index in [2.05, 4.69) is 15.5 Å². The highest BCUT2D eigenvalue weighted by Crippen LogP contribution is 2.31. The van der Waals surface area contributed by atoms with Crippen molar-refractivity contribution in [2.24, 2.45) is 0 Å². The molecular weight excluding hydrogens is 366 g/mol. The maximum atomic E-state index is 12.6.